The zero-order valence-electron chi connectivity index (χ0n) is 16.3. The van der Waals surface area contributed by atoms with Gasteiger partial charge in [-0.25, -0.2) is 4.98 Å². The number of carbonyl (C=O) groups excluding carboxylic acids is 1. The third-order valence-electron chi connectivity index (χ3n) is 5.39. The van der Waals surface area contributed by atoms with Crippen LogP contribution in [-0.4, -0.2) is 21.9 Å². The van der Waals surface area contributed by atoms with Crippen LogP contribution in [0.3, 0.4) is 0 Å². The average Bonchev–Trinajstić information content (AvgIpc) is 2.92. The van der Waals surface area contributed by atoms with E-state index in [0.717, 1.165) is 34.6 Å². The summed E-state index contributed by atoms with van der Waals surface area (Å²) in [5.41, 5.74) is 4.15. The third kappa shape index (κ3) is 4.58. The van der Waals surface area contributed by atoms with E-state index in [4.69, 9.17) is 4.98 Å². The second-order valence-corrected chi connectivity index (χ2v) is 8.76. The Labute approximate surface area is 170 Å². The molecule has 1 aliphatic rings. The third-order valence-corrected chi connectivity index (χ3v) is 6.53. The van der Waals surface area contributed by atoms with Crippen LogP contribution in [-0.2, 0) is 4.79 Å². The number of aryl methyl sites for hydroxylation is 1. The lowest BCUT2D eigenvalue weighted by molar-refractivity contribution is -0.121. The quantitative estimate of drug-likeness (QED) is 0.442. The van der Waals surface area contributed by atoms with Gasteiger partial charge in [0.1, 0.15) is 5.25 Å². The van der Waals surface area contributed by atoms with Gasteiger partial charge < -0.3 is 10.3 Å². The minimum absolute atomic E-state index is 0.0831. The molecule has 0 unspecified atom stereocenters. The highest BCUT2D eigenvalue weighted by molar-refractivity contribution is 8.00. The second kappa shape index (κ2) is 8.82. The number of thioether (sulfide) groups is 1. The van der Waals surface area contributed by atoms with Crippen LogP contribution in [0.15, 0.2) is 53.7 Å². The summed E-state index contributed by atoms with van der Waals surface area (Å²) < 4.78 is 0. The maximum atomic E-state index is 13.2. The van der Waals surface area contributed by atoms with Crippen molar-refractivity contribution in [2.24, 2.45) is 0 Å². The van der Waals surface area contributed by atoms with Crippen LogP contribution in [0.4, 0.5) is 0 Å². The molecule has 28 heavy (non-hydrogen) atoms. The molecule has 0 radical (unpaired) electrons. The number of H-pyrrole nitrogens is 1. The van der Waals surface area contributed by atoms with Crippen LogP contribution in [0.1, 0.15) is 54.9 Å². The van der Waals surface area contributed by atoms with Gasteiger partial charge in [0, 0.05) is 6.04 Å². The van der Waals surface area contributed by atoms with Crippen molar-refractivity contribution in [3.63, 3.8) is 0 Å². The Morgan fingerprint density at radius 2 is 1.86 bits per heavy atom. The topological polar surface area (TPSA) is 57.8 Å². The van der Waals surface area contributed by atoms with Gasteiger partial charge in [0.2, 0.25) is 5.91 Å². The molecule has 2 N–H and O–H groups in total. The molecule has 1 aliphatic carbocycles. The number of fused-ring (bicyclic) bond motifs is 1. The van der Waals surface area contributed by atoms with E-state index in [9.17, 15) is 4.79 Å². The summed E-state index contributed by atoms with van der Waals surface area (Å²) in [7, 11) is 0. The second-order valence-electron chi connectivity index (χ2n) is 7.67. The number of imidazole rings is 1. The lowest BCUT2D eigenvalue weighted by atomic mass is 10.1. The van der Waals surface area contributed by atoms with E-state index >= 15 is 0 Å². The number of aromatic nitrogens is 2. The predicted molar refractivity (Wildman–Crippen MR) is 116 cm³/mol. The van der Waals surface area contributed by atoms with E-state index in [0.29, 0.717) is 6.04 Å². The largest absolute Gasteiger partial charge is 0.352 e. The van der Waals surface area contributed by atoms with Crippen molar-refractivity contribution in [2.45, 2.75) is 61.9 Å². The molecular weight excluding hydrogens is 366 g/mol. The minimum atomic E-state index is -0.314. The molecule has 1 amide bonds. The molecule has 4 nitrogen and oxygen atoms in total. The maximum absolute atomic E-state index is 13.2. The molecule has 1 heterocycles. The van der Waals surface area contributed by atoms with Gasteiger partial charge in [-0.05, 0) is 43.0 Å². The Bertz CT molecular complexity index is 929. The van der Waals surface area contributed by atoms with Crippen LogP contribution >= 0.6 is 11.8 Å². The summed E-state index contributed by atoms with van der Waals surface area (Å²) in [4.78, 5) is 21.3. The monoisotopic (exact) mass is 393 g/mol. The molecule has 0 bridgehead atoms. The number of benzene rings is 2. The molecule has 0 saturated heterocycles. The molecular formula is C23H27N3OS. The Kier molecular flexibility index (Phi) is 6.01. The van der Waals surface area contributed by atoms with E-state index in [1.54, 1.807) is 0 Å². The summed E-state index contributed by atoms with van der Waals surface area (Å²) in [6.45, 7) is 2.07. The summed E-state index contributed by atoms with van der Waals surface area (Å²) in [6.07, 6.45) is 7.14. The first-order chi connectivity index (χ1) is 13.7. The van der Waals surface area contributed by atoms with Gasteiger partial charge >= 0.3 is 0 Å². The Balaban J connectivity index is 1.56. The predicted octanol–water partition coefficient (Wildman–Crippen LogP) is 5.54. The van der Waals surface area contributed by atoms with Crippen molar-refractivity contribution >= 4 is 28.7 Å². The fraction of sp³-hybridized carbons (Fsp3) is 0.391. The normalized spacial score (nSPS) is 16.6. The number of rotatable bonds is 5. The van der Waals surface area contributed by atoms with Crippen molar-refractivity contribution in [1.29, 1.82) is 0 Å². The SMILES string of the molecule is Cc1ccc2nc(S[C@@H](C(=O)NC3CCCCCC3)c3ccccc3)[nH]c2c1. The first-order valence-corrected chi connectivity index (χ1v) is 11.1. The fourth-order valence-corrected chi connectivity index (χ4v) is 4.88. The first kappa shape index (κ1) is 19.1. The molecule has 4 rings (SSSR count). The van der Waals surface area contributed by atoms with Gasteiger partial charge in [0.15, 0.2) is 5.16 Å². The molecule has 0 spiro atoms. The standard InChI is InChI=1S/C23H27N3OS/c1-16-13-14-19-20(15-16)26-23(25-19)28-21(17-9-5-4-6-10-17)22(27)24-18-11-7-2-3-8-12-18/h4-6,9-10,13-15,18,21H,2-3,7-8,11-12H2,1H3,(H,24,27)(H,25,26)/t21-/m1/s1. The fourth-order valence-electron chi connectivity index (χ4n) is 3.87. The molecule has 3 aromatic rings. The number of nitrogens with zero attached hydrogens (tertiary/aromatic N) is 1. The van der Waals surface area contributed by atoms with Gasteiger partial charge in [-0.3, -0.25) is 4.79 Å². The Hall–Kier alpha value is -2.27. The molecule has 146 valence electrons. The summed E-state index contributed by atoms with van der Waals surface area (Å²) in [5, 5.41) is 3.79. The summed E-state index contributed by atoms with van der Waals surface area (Å²) >= 11 is 1.50. The smallest absolute Gasteiger partial charge is 0.238 e. The highest BCUT2D eigenvalue weighted by atomic mass is 32.2. The van der Waals surface area contributed by atoms with Crippen LogP contribution in [0.2, 0.25) is 0 Å². The van der Waals surface area contributed by atoms with Crippen LogP contribution in [0.5, 0.6) is 0 Å². The number of carbonyl (C=O) groups is 1. The summed E-state index contributed by atoms with van der Waals surface area (Å²) in [6, 6.07) is 16.5. The van der Waals surface area contributed by atoms with Gasteiger partial charge in [0.25, 0.3) is 0 Å². The molecule has 1 fully saturated rings. The van der Waals surface area contributed by atoms with Gasteiger partial charge in [-0.15, -0.1) is 0 Å². The van der Waals surface area contributed by atoms with E-state index in [1.807, 2.05) is 36.4 Å². The van der Waals surface area contributed by atoms with Crippen molar-refractivity contribution in [1.82, 2.24) is 15.3 Å². The average molecular weight is 394 g/mol. The maximum Gasteiger partial charge on any atom is 0.238 e. The van der Waals surface area contributed by atoms with E-state index < -0.39 is 0 Å². The molecule has 1 atom stereocenters. The van der Waals surface area contributed by atoms with E-state index in [1.165, 1.54) is 43.0 Å². The Morgan fingerprint density at radius 1 is 1.11 bits per heavy atom. The molecule has 5 heteroatoms. The van der Waals surface area contributed by atoms with Gasteiger partial charge in [-0.1, -0.05) is 73.8 Å². The number of hydrogen-bond acceptors (Lipinski definition) is 3. The summed E-state index contributed by atoms with van der Waals surface area (Å²) in [5.74, 6) is 0.0831. The molecule has 0 aliphatic heterocycles. The number of amides is 1. The highest BCUT2D eigenvalue weighted by Crippen LogP contribution is 2.35. The number of aromatic amines is 1. The van der Waals surface area contributed by atoms with Crippen molar-refractivity contribution in [3.05, 3.63) is 59.7 Å². The van der Waals surface area contributed by atoms with E-state index in [2.05, 4.69) is 29.4 Å². The Morgan fingerprint density at radius 3 is 2.61 bits per heavy atom. The lowest BCUT2D eigenvalue weighted by Crippen LogP contribution is -2.37. The molecule has 1 aromatic heterocycles. The molecule has 2 aromatic carbocycles. The highest BCUT2D eigenvalue weighted by Gasteiger charge is 2.26. The van der Waals surface area contributed by atoms with Crippen LogP contribution < -0.4 is 5.32 Å². The van der Waals surface area contributed by atoms with E-state index in [-0.39, 0.29) is 11.2 Å². The number of hydrogen-bond donors (Lipinski definition) is 2. The minimum Gasteiger partial charge on any atom is -0.352 e. The number of nitrogens with one attached hydrogen (secondary N) is 2. The van der Waals surface area contributed by atoms with Crippen LogP contribution in [0, 0.1) is 6.92 Å². The zero-order chi connectivity index (χ0) is 19.3. The first-order valence-electron chi connectivity index (χ1n) is 10.2. The zero-order valence-corrected chi connectivity index (χ0v) is 17.1. The van der Waals surface area contributed by atoms with Crippen molar-refractivity contribution < 1.29 is 4.79 Å². The van der Waals surface area contributed by atoms with Gasteiger partial charge in [-0.2, -0.15) is 0 Å². The van der Waals surface area contributed by atoms with Crippen molar-refractivity contribution in [2.75, 3.05) is 0 Å². The lowest BCUT2D eigenvalue weighted by Gasteiger charge is -2.21. The van der Waals surface area contributed by atoms with Gasteiger partial charge in [0.05, 0.1) is 11.0 Å². The molecule has 1 saturated carbocycles. The van der Waals surface area contributed by atoms with Crippen LogP contribution in [0.25, 0.3) is 11.0 Å². The van der Waals surface area contributed by atoms with Crippen molar-refractivity contribution in [3.8, 4) is 0 Å².